The van der Waals surface area contributed by atoms with Crippen LogP contribution in [0.2, 0.25) is 0 Å². The molecule has 36 heavy (non-hydrogen) atoms. The largest absolute Gasteiger partial charge is 0.481 e. The first-order chi connectivity index (χ1) is 17.3. The smallest absolute Gasteiger partial charge is 0.305 e. The summed E-state index contributed by atoms with van der Waals surface area (Å²) in [4.78, 5) is 14.3. The van der Waals surface area contributed by atoms with Crippen LogP contribution in [0.25, 0.3) is 11.1 Å². The molecule has 0 saturated heterocycles. The van der Waals surface area contributed by atoms with Gasteiger partial charge in [0.05, 0.1) is 6.42 Å². The lowest BCUT2D eigenvalue weighted by atomic mass is 9.91. The number of halogens is 2. The molecular weight excluding hydrogens is 456 g/mol. The van der Waals surface area contributed by atoms with Gasteiger partial charge in [-0.05, 0) is 59.9 Å². The zero-order valence-electron chi connectivity index (χ0n) is 20.4. The summed E-state index contributed by atoms with van der Waals surface area (Å²) in [5.74, 6) is -2.21. The average Bonchev–Trinajstić information content (AvgIpc) is 2.87. The van der Waals surface area contributed by atoms with Crippen molar-refractivity contribution >= 4 is 5.97 Å². The lowest BCUT2D eigenvalue weighted by Gasteiger charge is -2.37. The Hall–Kier alpha value is -3.83. The Kier molecular flexibility index (Phi) is 7.91. The van der Waals surface area contributed by atoms with Crippen molar-refractivity contribution in [1.82, 2.24) is 4.90 Å². The summed E-state index contributed by atoms with van der Waals surface area (Å²) in [7, 11) is 0. The minimum Gasteiger partial charge on any atom is -0.481 e. The van der Waals surface area contributed by atoms with E-state index in [1.165, 1.54) is 12.1 Å². The van der Waals surface area contributed by atoms with Gasteiger partial charge in [-0.1, -0.05) is 72.8 Å². The molecule has 0 spiro atoms. The van der Waals surface area contributed by atoms with Gasteiger partial charge in [0, 0.05) is 30.3 Å². The predicted octanol–water partition coefficient (Wildman–Crippen LogP) is 7.72. The summed E-state index contributed by atoms with van der Waals surface area (Å²) in [6.45, 7) is 4.47. The number of aryl methyl sites for hydroxylation is 1. The Morgan fingerprint density at radius 2 is 1.50 bits per heavy atom. The Morgan fingerprint density at radius 1 is 0.833 bits per heavy atom. The lowest BCUT2D eigenvalue weighted by Crippen LogP contribution is -2.32. The standard InChI is InChI=1S/C31H29F2NO2/c1-21-13-14-25(17-28(21)27-16-15-26(32)18-29(27)33)30(19-31(35)36)34(20-23-9-5-3-6-10-23)22(2)24-11-7-4-8-12-24/h3-18,22,30H,19-20H2,1-2H3,(H,35,36)/t22-,30?/m1/s1. The molecule has 4 aromatic carbocycles. The summed E-state index contributed by atoms with van der Waals surface area (Å²) in [5, 5.41) is 9.90. The molecule has 184 valence electrons. The maximum Gasteiger partial charge on any atom is 0.305 e. The van der Waals surface area contributed by atoms with Crippen LogP contribution in [-0.2, 0) is 11.3 Å². The molecule has 1 N–H and O–H groups in total. The Labute approximate surface area is 210 Å². The topological polar surface area (TPSA) is 40.5 Å². The molecule has 5 heteroatoms. The van der Waals surface area contributed by atoms with Gasteiger partial charge in [0.15, 0.2) is 0 Å². The molecular formula is C31H29F2NO2. The van der Waals surface area contributed by atoms with Crippen LogP contribution in [0.15, 0.2) is 97.1 Å². The van der Waals surface area contributed by atoms with E-state index < -0.39 is 23.6 Å². The molecule has 0 fully saturated rings. The number of carboxylic acids is 1. The van der Waals surface area contributed by atoms with E-state index >= 15 is 0 Å². The Balaban J connectivity index is 1.83. The van der Waals surface area contributed by atoms with Crippen LogP contribution in [0, 0.1) is 18.6 Å². The number of carboxylic acid groups (broad SMARTS) is 1. The highest BCUT2D eigenvalue weighted by atomic mass is 19.1. The van der Waals surface area contributed by atoms with E-state index in [2.05, 4.69) is 11.8 Å². The zero-order valence-corrected chi connectivity index (χ0v) is 20.4. The first-order valence-electron chi connectivity index (χ1n) is 12.0. The third-order valence-corrected chi connectivity index (χ3v) is 6.62. The van der Waals surface area contributed by atoms with E-state index in [0.29, 0.717) is 12.1 Å². The fraction of sp³-hybridized carbons (Fsp3) is 0.194. The predicted molar refractivity (Wildman–Crippen MR) is 138 cm³/mol. The van der Waals surface area contributed by atoms with Crippen LogP contribution >= 0.6 is 0 Å². The first kappa shape index (κ1) is 25.3. The van der Waals surface area contributed by atoms with Crippen molar-refractivity contribution in [2.45, 2.75) is 38.9 Å². The fourth-order valence-electron chi connectivity index (χ4n) is 4.67. The molecule has 0 heterocycles. The zero-order chi connectivity index (χ0) is 25.7. The van der Waals surface area contributed by atoms with Gasteiger partial charge in [0.1, 0.15) is 11.6 Å². The molecule has 0 aromatic heterocycles. The maximum absolute atomic E-state index is 14.7. The van der Waals surface area contributed by atoms with E-state index in [-0.39, 0.29) is 18.0 Å². The summed E-state index contributed by atoms with van der Waals surface area (Å²) >= 11 is 0. The van der Waals surface area contributed by atoms with Gasteiger partial charge in [0.25, 0.3) is 0 Å². The molecule has 2 atom stereocenters. The molecule has 0 aliphatic heterocycles. The highest BCUT2D eigenvalue weighted by Gasteiger charge is 2.29. The van der Waals surface area contributed by atoms with E-state index in [1.807, 2.05) is 85.8 Å². The molecule has 1 unspecified atom stereocenters. The minimum absolute atomic E-state index is 0.0944. The monoisotopic (exact) mass is 485 g/mol. The van der Waals surface area contributed by atoms with Crippen molar-refractivity contribution in [3.63, 3.8) is 0 Å². The van der Waals surface area contributed by atoms with Crippen LogP contribution < -0.4 is 0 Å². The van der Waals surface area contributed by atoms with Crippen molar-refractivity contribution < 1.29 is 18.7 Å². The van der Waals surface area contributed by atoms with Crippen LogP contribution in [-0.4, -0.2) is 16.0 Å². The molecule has 0 bridgehead atoms. The fourth-order valence-corrected chi connectivity index (χ4v) is 4.67. The lowest BCUT2D eigenvalue weighted by molar-refractivity contribution is -0.138. The number of rotatable bonds is 9. The Bertz CT molecular complexity index is 1330. The Morgan fingerprint density at radius 3 is 2.14 bits per heavy atom. The van der Waals surface area contributed by atoms with E-state index in [1.54, 1.807) is 0 Å². The summed E-state index contributed by atoms with van der Waals surface area (Å²) in [6.07, 6.45) is -0.127. The van der Waals surface area contributed by atoms with Gasteiger partial charge >= 0.3 is 5.97 Å². The molecule has 0 amide bonds. The van der Waals surface area contributed by atoms with Crippen molar-refractivity contribution in [1.29, 1.82) is 0 Å². The maximum atomic E-state index is 14.7. The van der Waals surface area contributed by atoms with Crippen LogP contribution in [0.3, 0.4) is 0 Å². The highest BCUT2D eigenvalue weighted by molar-refractivity contribution is 5.70. The van der Waals surface area contributed by atoms with Crippen LogP contribution in [0.4, 0.5) is 8.78 Å². The SMILES string of the molecule is Cc1ccc(C(CC(=O)O)N(Cc2ccccc2)[C@H](C)c2ccccc2)cc1-c1ccc(F)cc1F. The second kappa shape index (κ2) is 11.3. The van der Waals surface area contributed by atoms with Crippen molar-refractivity contribution in [3.8, 4) is 11.1 Å². The number of nitrogens with zero attached hydrogens (tertiary/aromatic N) is 1. The van der Waals surface area contributed by atoms with Gasteiger partial charge in [0.2, 0.25) is 0 Å². The quantitative estimate of drug-likeness (QED) is 0.264. The molecule has 0 saturated carbocycles. The van der Waals surface area contributed by atoms with E-state index in [0.717, 1.165) is 28.3 Å². The first-order valence-corrected chi connectivity index (χ1v) is 12.0. The van der Waals surface area contributed by atoms with Crippen molar-refractivity contribution in [2.75, 3.05) is 0 Å². The summed E-state index contributed by atoms with van der Waals surface area (Å²) in [5.41, 5.74) is 4.63. The number of hydrogen-bond acceptors (Lipinski definition) is 2. The number of aliphatic carboxylic acids is 1. The van der Waals surface area contributed by atoms with Crippen molar-refractivity contribution in [3.05, 3.63) is 131 Å². The third-order valence-electron chi connectivity index (χ3n) is 6.62. The molecule has 0 radical (unpaired) electrons. The highest BCUT2D eigenvalue weighted by Crippen LogP contribution is 2.37. The van der Waals surface area contributed by atoms with E-state index in [9.17, 15) is 18.7 Å². The van der Waals surface area contributed by atoms with Gasteiger partial charge in [-0.3, -0.25) is 9.69 Å². The normalized spacial score (nSPS) is 12.9. The number of carbonyl (C=O) groups is 1. The number of hydrogen-bond donors (Lipinski definition) is 1. The third kappa shape index (κ3) is 5.86. The van der Waals surface area contributed by atoms with Gasteiger partial charge in [-0.25, -0.2) is 8.78 Å². The molecule has 4 aromatic rings. The molecule has 0 aliphatic rings. The molecule has 4 rings (SSSR count). The molecule has 0 aliphatic carbocycles. The number of benzene rings is 4. The van der Waals surface area contributed by atoms with E-state index in [4.69, 9.17) is 0 Å². The van der Waals surface area contributed by atoms with Crippen LogP contribution in [0.1, 0.15) is 47.7 Å². The van der Waals surface area contributed by atoms with Gasteiger partial charge in [-0.15, -0.1) is 0 Å². The molecule has 3 nitrogen and oxygen atoms in total. The van der Waals surface area contributed by atoms with Gasteiger partial charge < -0.3 is 5.11 Å². The summed E-state index contributed by atoms with van der Waals surface area (Å²) < 4.78 is 28.3. The van der Waals surface area contributed by atoms with Gasteiger partial charge in [-0.2, -0.15) is 0 Å². The summed E-state index contributed by atoms with van der Waals surface area (Å²) in [6, 6.07) is 28.5. The second-order valence-electron chi connectivity index (χ2n) is 9.06. The minimum atomic E-state index is -0.923. The second-order valence-corrected chi connectivity index (χ2v) is 9.06. The average molecular weight is 486 g/mol. The van der Waals surface area contributed by atoms with Crippen molar-refractivity contribution in [2.24, 2.45) is 0 Å². The van der Waals surface area contributed by atoms with Crippen LogP contribution in [0.5, 0.6) is 0 Å².